The summed E-state index contributed by atoms with van der Waals surface area (Å²) in [5.74, 6) is 0.362. The molecule has 1 saturated heterocycles. The van der Waals surface area contributed by atoms with E-state index >= 15 is 0 Å². The van der Waals surface area contributed by atoms with Crippen molar-refractivity contribution < 1.29 is 9.63 Å². The van der Waals surface area contributed by atoms with Crippen molar-refractivity contribution in [3.05, 3.63) is 68.2 Å². The van der Waals surface area contributed by atoms with E-state index in [-0.39, 0.29) is 11.8 Å². The zero-order valence-electron chi connectivity index (χ0n) is 17.4. The molecule has 0 bridgehead atoms. The first-order valence-electron chi connectivity index (χ1n) is 10.5. The molecule has 1 aliphatic carbocycles. The molecule has 1 atom stereocenters. The molecule has 0 radical (unpaired) electrons. The van der Waals surface area contributed by atoms with E-state index in [1.807, 2.05) is 31.2 Å². The largest absolute Gasteiger partial charge is 0.384 e. The van der Waals surface area contributed by atoms with Crippen molar-refractivity contribution in [2.75, 3.05) is 13.1 Å². The molecule has 0 N–H and O–H groups in total. The number of oxime groups is 1. The number of carbonyl (C=O) groups is 1. The normalized spacial score (nSPS) is 23.7. The molecule has 1 amide bonds. The second-order valence-corrected chi connectivity index (χ2v) is 10.2. The van der Waals surface area contributed by atoms with Gasteiger partial charge in [-0.2, -0.15) is 5.26 Å². The number of hydrogen-bond donors (Lipinski definition) is 0. The van der Waals surface area contributed by atoms with Crippen LogP contribution < -0.4 is 0 Å². The van der Waals surface area contributed by atoms with Crippen molar-refractivity contribution >= 4 is 46.4 Å². The molecule has 0 aromatic heterocycles. The van der Waals surface area contributed by atoms with Gasteiger partial charge in [0.15, 0.2) is 5.60 Å². The third-order valence-corrected chi connectivity index (χ3v) is 7.80. The first kappa shape index (κ1) is 21.6. The van der Waals surface area contributed by atoms with Gasteiger partial charge in [-0.25, -0.2) is 0 Å². The van der Waals surface area contributed by atoms with E-state index in [4.69, 9.17) is 39.6 Å². The number of carbonyl (C=O) groups excluding carboxylic acids is 1. The molecule has 164 valence electrons. The number of hydrogen-bond acceptors (Lipinski definition) is 4. The van der Waals surface area contributed by atoms with E-state index in [0.29, 0.717) is 34.6 Å². The molecule has 2 fully saturated rings. The summed E-state index contributed by atoms with van der Waals surface area (Å²) in [5.41, 5.74) is 2.08. The fourth-order valence-electron chi connectivity index (χ4n) is 4.36. The molecular formula is C24H20Cl3N3O2. The molecule has 2 aromatic carbocycles. The molecule has 2 aromatic rings. The molecule has 2 aliphatic heterocycles. The van der Waals surface area contributed by atoms with E-state index < -0.39 is 11.0 Å². The van der Waals surface area contributed by atoms with Crippen LogP contribution in [-0.2, 0) is 20.6 Å². The van der Waals surface area contributed by atoms with Gasteiger partial charge in [0.2, 0.25) is 5.91 Å². The fourth-order valence-corrected chi connectivity index (χ4v) is 4.96. The molecular weight excluding hydrogens is 469 g/mol. The van der Waals surface area contributed by atoms with Crippen LogP contribution in [0.3, 0.4) is 0 Å². The average Bonchev–Trinajstić information content (AvgIpc) is 3.53. The van der Waals surface area contributed by atoms with Crippen LogP contribution in [0.1, 0.15) is 42.9 Å². The van der Waals surface area contributed by atoms with Crippen molar-refractivity contribution in [2.24, 2.45) is 11.1 Å². The predicted molar refractivity (Wildman–Crippen MR) is 124 cm³/mol. The Bertz CT molecular complexity index is 1150. The fraction of sp³-hybridized carbons (Fsp3) is 0.375. The Balaban J connectivity index is 1.31. The highest BCUT2D eigenvalue weighted by Crippen LogP contribution is 2.42. The second-order valence-electron chi connectivity index (χ2n) is 9.03. The van der Waals surface area contributed by atoms with Gasteiger partial charge < -0.3 is 9.74 Å². The topological polar surface area (TPSA) is 65.7 Å². The lowest BCUT2D eigenvalue weighted by molar-refractivity contribution is -0.138. The number of halogens is 3. The molecule has 2 heterocycles. The Morgan fingerprint density at radius 3 is 2.31 bits per heavy atom. The third kappa shape index (κ3) is 3.55. The van der Waals surface area contributed by atoms with E-state index in [9.17, 15) is 10.1 Å². The van der Waals surface area contributed by atoms with Gasteiger partial charge in [0, 0.05) is 31.0 Å². The number of nitrogens with zero attached hydrogens (tertiary/aromatic N) is 3. The van der Waals surface area contributed by atoms with Crippen molar-refractivity contribution in [3.63, 3.8) is 0 Å². The number of likely N-dealkylation sites (tertiary alicyclic amines) is 1. The quantitative estimate of drug-likeness (QED) is 0.519. The monoisotopic (exact) mass is 487 g/mol. The first-order valence-corrected chi connectivity index (χ1v) is 11.6. The van der Waals surface area contributed by atoms with Crippen LogP contribution in [0.5, 0.6) is 0 Å². The highest BCUT2D eigenvalue weighted by molar-refractivity contribution is 6.48. The van der Waals surface area contributed by atoms with E-state index in [1.165, 1.54) is 0 Å². The summed E-state index contributed by atoms with van der Waals surface area (Å²) in [6.07, 6.45) is 2.48. The van der Waals surface area contributed by atoms with E-state index in [1.54, 1.807) is 17.0 Å². The lowest BCUT2D eigenvalue weighted by Gasteiger charge is -2.46. The highest BCUT2D eigenvalue weighted by Gasteiger charge is 2.49. The van der Waals surface area contributed by atoms with Gasteiger partial charge in [-0.15, -0.1) is 0 Å². The summed E-state index contributed by atoms with van der Waals surface area (Å²) in [7, 11) is 0. The molecule has 32 heavy (non-hydrogen) atoms. The summed E-state index contributed by atoms with van der Waals surface area (Å²) in [6, 6.07) is 13.7. The van der Waals surface area contributed by atoms with Gasteiger partial charge in [-0.05, 0) is 43.0 Å². The van der Waals surface area contributed by atoms with Gasteiger partial charge in [-0.3, -0.25) is 4.79 Å². The number of amides is 1. The Hall–Kier alpha value is -2.26. The van der Waals surface area contributed by atoms with Crippen LogP contribution in [0.4, 0.5) is 0 Å². The molecule has 1 saturated carbocycles. The minimum atomic E-state index is -0.711. The minimum absolute atomic E-state index is 0.175. The smallest absolute Gasteiger partial charge is 0.225 e. The van der Waals surface area contributed by atoms with E-state index in [0.717, 1.165) is 35.2 Å². The summed E-state index contributed by atoms with van der Waals surface area (Å²) in [6.45, 7) is 2.84. The standard InChI is InChI=1S/C24H20Cl3N3O2/c1-23(17-8-18(25)21(27)19(26)9-17)10-20(29-32-23)14-4-6-16(7-5-14)24(11-28)12-30(13-24)22(31)15-2-3-15/h4-9,15H,2-3,10,12-13H2,1H3. The predicted octanol–water partition coefficient (Wildman–Crippen LogP) is 5.70. The van der Waals surface area contributed by atoms with Gasteiger partial charge in [0.05, 0.1) is 26.8 Å². The first-order chi connectivity index (χ1) is 15.2. The van der Waals surface area contributed by atoms with Crippen molar-refractivity contribution in [3.8, 4) is 6.07 Å². The van der Waals surface area contributed by atoms with Crippen LogP contribution in [-0.4, -0.2) is 29.6 Å². The molecule has 0 spiro atoms. The van der Waals surface area contributed by atoms with Gasteiger partial charge in [-0.1, -0.05) is 64.2 Å². The van der Waals surface area contributed by atoms with Crippen molar-refractivity contribution in [1.29, 1.82) is 5.26 Å². The van der Waals surface area contributed by atoms with E-state index in [2.05, 4.69) is 11.2 Å². The van der Waals surface area contributed by atoms with Crippen molar-refractivity contribution in [1.82, 2.24) is 4.90 Å². The molecule has 8 heteroatoms. The Morgan fingerprint density at radius 1 is 1.12 bits per heavy atom. The SMILES string of the molecule is CC1(c2cc(Cl)c(Cl)c(Cl)c2)CC(c2ccc(C3(C#N)CN(C(=O)C4CC4)C3)cc2)=NO1. The Morgan fingerprint density at radius 2 is 1.75 bits per heavy atom. The number of nitriles is 1. The summed E-state index contributed by atoms with van der Waals surface area (Å²) < 4.78 is 0. The average molecular weight is 489 g/mol. The second kappa shape index (κ2) is 7.66. The molecule has 3 aliphatic rings. The Labute approximate surface area is 201 Å². The zero-order chi connectivity index (χ0) is 22.7. The maximum atomic E-state index is 12.3. The maximum absolute atomic E-state index is 12.3. The molecule has 5 rings (SSSR count). The van der Waals surface area contributed by atoms with Crippen LogP contribution >= 0.6 is 34.8 Å². The van der Waals surface area contributed by atoms with Gasteiger partial charge in [0.25, 0.3) is 0 Å². The number of rotatable bonds is 4. The van der Waals surface area contributed by atoms with Crippen LogP contribution in [0.25, 0.3) is 0 Å². The third-order valence-electron chi connectivity index (χ3n) is 6.60. The lowest BCUT2D eigenvalue weighted by Crippen LogP contribution is -2.60. The van der Waals surface area contributed by atoms with Gasteiger partial charge in [0.1, 0.15) is 5.41 Å². The molecule has 1 unspecified atom stereocenters. The highest BCUT2D eigenvalue weighted by atomic mass is 35.5. The zero-order valence-corrected chi connectivity index (χ0v) is 19.6. The Kier molecular flexibility index (Phi) is 5.16. The summed E-state index contributed by atoms with van der Waals surface area (Å²) >= 11 is 18.5. The van der Waals surface area contributed by atoms with Gasteiger partial charge >= 0.3 is 0 Å². The van der Waals surface area contributed by atoms with Crippen LogP contribution in [0.15, 0.2) is 41.6 Å². The summed E-state index contributed by atoms with van der Waals surface area (Å²) in [5, 5.41) is 15.2. The van der Waals surface area contributed by atoms with Crippen LogP contribution in [0, 0.1) is 17.2 Å². The van der Waals surface area contributed by atoms with Crippen LogP contribution in [0.2, 0.25) is 15.1 Å². The summed E-state index contributed by atoms with van der Waals surface area (Å²) in [4.78, 5) is 19.8. The lowest BCUT2D eigenvalue weighted by atomic mass is 9.74. The maximum Gasteiger partial charge on any atom is 0.225 e. The van der Waals surface area contributed by atoms with Crippen molar-refractivity contribution in [2.45, 2.75) is 37.2 Å². The molecule has 5 nitrogen and oxygen atoms in total. The number of benzene rings is 2. The minimum Gasteiger partial charge on any atom is -0.384 e.